The second-order valence-electron chi connectivity index (χ2n) is 4.81. The number of esters is 1. The van der Waals surface area contributed by atoms with Crippen molar-refractivity contribution in [2.24, 2.45) is 0 Å². The summed E-state index contributed by atoms with van der Waals surface area (Å²) in [6.45, 7) is 11.2. The van der Waals surface area contributed by atoms with Crippen molar-refractivity contribution in [1.29, 1.82) is 0 Å². The van der Waals surface area contributed by atoms with Gasteiger partial charge in [-0.05, 0) is 20.0 Å². The Balaban J connectivity index is 3.09. The van der Waals surface area contributed by atoms with Crippen LogP contribution < -0.4 is 5.73 Å². The molecule has 1 atom stereocenters. The molecule has 1 unspecified atom stereocenters. The molecule has 0 aliphatic heterocycles. The molecule has 1 heterocycles. The average molecular weight is 282 g/mol. The molecule has 6 nitrogen and oxygen atoms in total. The third-order valence-electron chi connectivity index (χ3n) is 3.57. The van der Waals surface area contributed by atoms with E-state index in [9.17, 15) is 4.79 Å². The third-order valence-corrected chi connectivity index (χ3v) is 3.57. The maximum Gasteiger partial charge on any atom is 0.360 e. The minimum atomic E-state index is -0.481. The quantitative estimate of drug-likeness (QED) is 0.771. The predicted molar refractivity (Wildman–Crippen MR) is 79.9 cm³/mol. The van der Waals surface area contributed by atoms with Crippen molar-refractivity contribution in [2.75, 3.05) is 32.5 Å². The van der Waals surface area contributed by atoms with Crippen molar-refractivity contribution in [2.45, 2.75) is 40.2 Å². The van der Waals surface area contributed by atoms with Crippen molar-refractivity contribution >= 4 is 11.8 Å². The van der Waals surface area contributed by atoms with Crippen LogP contribution in [-0.2, 0) is 11.2 Å². The van der Waals surface area contributed by atoms with Crippen LogP contribution in [0.3, 0.4) is 0 Å². The minimum absolute atomic E-state index is 0.163. The van der Waals surface area contributed by atoms with Crippen LogP contribution in [0, 0.1) is 0 Å². The van der Waals surface area contributed by atoms with Gasteiger partial charge in [-0.3, -0.25) is 0 Å². The van der Waals surface area contributed by atoms with Crippen LogP contribution in [-0.4, -0.2) is 47.2 Å². The van der Waals surface area contributed by atoms with Crippen LogP contribution in [0.1, 0.15) is 50.0 Å². The van der Waals surface area contributed by atoms with Gasteiger partial charge in [0, 0.05) is 19.0 Å². The number of likely N-dealkylation sites (N-methyl/N-ethyl adjacent to an activating group) is 1. The summed E-state index contributed by atoms with van der Waals surface area (Å²) in [5.41, 5.74) is 6.32. The zero-order valence-corrected chi connectivity index (χ0v) is 13.1. The Bertz CT molecular complexity index is 452. The summed E-state index contributed by atoms with van der Waals surface area (Å²) in [7, 11) is 1.34. The van der Waals surface area contributed by atoms with E-state index in [1.807, 2.05) is 11.5 Å². The van der Waals surface area contributed by atoms with Gasteiger partial charge in [-0.1, -0.05) is 20.8 Å². The van der Waals surface area contributed by atoms with Crippen molar-refractivity contribution in [3.8, 4) is 0 Å². The number of nitrogens with two attached hydrogens (primary N) is 1. The number of hydrogen-bond acceptors (Lipinski definition) is 5. The van der Waals surface area contributed by atoms with Gasteiger partial charge >= 0.3 is 5.97 Å². The van der Waals surface area contributed by atoms with E-state index in [0.29, 0.717) is 5.82 Å². The number of aryl methyl sites for hydroxylation is 1. The van der Waals surface area contributed by atoms with E-state index in [2.05, 4.69) is 30.7 Å². The normalized spacial score (nSPS) is 12.7. The van der Waals surface area contributed by atoms with E-state index >= 15 is 0 Å². The van der Waals surface area contributed by atoms with E-state index in [0.717, 1.165) is 31.9 Å². The van der Waals surface area contributed by atoms with E-state index < -0.39 is 5.97 Å². The molecule has 0 aliphatic carbocycles. The number of carbonyl (C=O) groups excluding carboxylic acids is 1. The number of anilines is 1. The van der Waals surface area contributed by atoms with Crippen LogP contribution in [0.4, 0.5) is 5.82 Å². The van der Waals surface area contributed by atoms with Crippen LogP contribution in [0.15, 0.2) is 0 Å². The SMILES string of the molecule is CCc1nc(C(=O)OC)c(N)n1C(C)CN(CC)CC. The molecule has 1 aromatic heterocycles. The lowest BCUT2D eigenvalue weighted by Gasteiger charge is -2.25. The zero-order valence-electron chi connectivity index (χ0n) is 13.1. The van der Waals surface area contributed by atoms with Gasteiger partial charge in [0.25, 0.3) is 0 Å². The Kier molecular flexibility index (Phi) is 6.01. The topological polar surface area (TPSA) is 73.4 Å². The van der Waals surface area contributed by atoms with Crippen molar-refractivity contribution < 1.29 is 9.53 Å². The van der Waals surface area contributed by atoms with E-state index in [-0.39, 0.29) is 11.7 Å². The lowest BCUT2D eigenvalue weighted by Crippen LogP contribution is -2.30. The number of aromatic nitrogens is 2. The Morgan fingerprint density at radius 1 is 1.40 bits per heavy atom. The number of imidazole rings is 1. The molecule has 0 saturated heterocycles. The summed E-state index contributed by atoms with van der Waals surface area (Å²) in [6.07, 6.45) is 0.726. The molecule has 20 heavy (non-hydrogen) atoms. The standard InChI is InChI=1S/C14H26N4O2/c1-6-11-16-12(14(19)20-5)13(15)18(11)10(4)9-17(7-2)8-3/h10H,6-9,15H2,1-5H3. The molecule has 0 saturated carbocycles. The van der Waals surface area contributed by atoms with Gasteiger partial charge in [0.05, 0.1) is 7.11 Å². The summed E-state index contributed by atoms with van der Waals surface area (Å²) >= 11 is 0. The van der Waals surface area contributed by atoms with E-state index in [1.165, 1.54) is 7.11 Å². The number of rotatable bonds is 7. The smallest absolute Gasteiger partial charge is 0.360 e. The lowest BCUT2D eigenvalue weighted by atomic mass is 10.2. The Hall–Kier alpha value is -1.56. The summed E-state index contributed by atoms with van der Waals surface area (Å²) in [5.74, 6) is 0.738. The van der Waals surface area contributed by atoms with Crippen molar-refractivity contribution in [3.05, 3.63) is 11.5 Å². The van der Waals surface area contributed by atoms with Crippen LogP contribution in [0.25, 0.3) is 0 Å². The third kappa shape index (κ3) is 3.30. The van der Waals surface area contributed by atoms with Crippen LogP contribution in [0.2, 0.25) is 0 Å². The molecule has 1 aromatic rings. The molecule has 2 N–H and O–H groups in total. The monoisotopic (exact) mass is 282 g/mol. The number of carbonyl (C=O) groups is 1. The van der Waals surface area contributed by atoms with Gasteiger partial charge in [-0.15, -0.1) is 0 Å². The Morgan fingerprint density at radius 2 is 2.00 bits per heavy atom. The highest BCUT2D eigenvalue weighted by atomic mass is 16.5. The molecule has 1 rings (SSSR count). The van der Waals surface area contributed by atoms with Crippen LogP contribution >= 0.6 is 0 Å². The first kappa shape index (κ1) is 16.5. The highest BCUT2D eigenvalue weighted by molar-refractivity contribution is 5.92. The van der Waals surface area contributed by atoms with Gasteiger partial charge in [0.1, 0.15) is 11.6 Å². The molecular formula is C14H26N4O2. The maximum absolute atomic E-state index is 11.7. The van der Waals surface area contributed by atoms with Gasteiger partial charge in [0.2, 0.25) is 0 Å². The molecule has 0 radical (unpaired) electrons. The molecule has 114 valence electrons. The minimum Gasteiger partial charge on any atom is -0.464 e. The van der Waals surface area contributed by atoms with Gasteiger partial charge in [-0.2, -0.15) is 0 Å². The number of hydrogen-bond donors (Lipinski definition) is 1. The molecule has 0 bridgehead atoms. The van der Waals surface area contributed by atoms with Crippen LogP contribution in [0.5, 0.6) is 0 Å². The second kappa shape index (κ2) is 7.28. The summed E-state index contributed by atoms with van der Waals surface area (Å²) in [5, 5.41) is 0. The van der Waals surface area contributed by atoms with Gasteiger partial charge < -0.3 is 19.9 Å². The summed E-state index contributed by atoms with van der Waals surface area (Å²) < 4.78 is 6.68. The molecule has 0 amide bonds. The number of nitrogens with zero attached hydrogens (tertiary/aromatic N) is 3. The summed E-state index contributed by atoms with van der Waals surface area (Å²) in [6, 6.07) is 0.163. The molecule has 6 heteroatoms. The van der Waals surface area contributed by atoms with Gasteiger partial charge in [-0.25, -0.2) is 9.78 Å². The predicted octanol–water partition coefficient (Wildman–Crippen LogP) is 1.72. The van der Waals surface area contributed by atoms with E-state index in [1.54, 1.807) is 0 Å². The maximum atomic E-state index is 11.7. The lowest BCUT2D eigenvalue weighted by molar-refractivity contribution is 0.0595. The molecule has 0 aliphatic rings. The molecule has 0 fully saturated rings. The fraction of sp³-hybridized carbons (Fsp3) is 0.714. The Labute approximate surface area is 120 Å². The first-order valence-corrected chi connectivity index (χ1v) is 7.17. The molecule has 0 spiro atoms. The fourth-order valence-corrected chi connectivity index (χ4v) is 2.42. The van der Waals surface area contributed by atoms with E-state index in [4.69, 9.17) is 10.5 Å². The Morgan fingerprint density at radius 3 is 2.45 bits per heavy atom. The average Bonchev–Trinajstić information content (AvgIpc) is 2.80. The largest absolute Gasteiger partial charge is 0.464 e. The fourth-order valence-electron chi connectivity index (χ4n) is 2.42. The highest BCUT2D eigenvalue weighted by Gasteiger charge is 2.23. The molecule has 0 aromatic carbocycles. The number of nitrogen functional groups attached to an aromatic ring is 1. The first-order valence-electron chi connectivity index (χ1n) is 7.17. The first-order chi connectivity index (χ1) is 9.49. The van der Waals surface area contributed by atoms with Gasteiger partial charge in [0.15, 0.2) is 5.69 Å². The number of methoxy groups -OCH3 is 1. The molecular weight excluding hydrogens is 256 g/mol. The van der Waals surface area contributed by atoms with Crippen molar-refractivity contribution in [3.63, 3.8) is 0 Å². The zero-order chi connectivity index (χ0) is 15.3. The number of ether oxygens (including phenoxy) is 1. The summed E-state index contributed by atoms with van der Waals surface area (Å²) in [4.78, 5) is 18.3. The van der Waals surface area contributed by atoms with Crippen molar-refractivity contribution in [1.82, 2.24) is 14.5 Å². The second-order valence-corrected chi connectivity index (χ2v) is 4.81. The highest BCUT2D eigenvalue weighted by Crippen LogP contribution is 2.22.